The van der Waals surface area contributed by atoms with Gasteiger partial charge in [-0.3, -0.25) is 9.78 Å². The molecule has 0 aliphatic carbocycles. The van der Waals surface area contributed by atoms with Crippen molar-refractivity contribution in [2.75, 3.05) is 18.1 Å². The minimum atomic E-state index is -1.04. The van der Waals surface area contributed by atoms with E-state index in [4.69, 9.17) is 11.3 Å². The lowest BCUT2D eigenvalue weighted by atomic mass is 10.0. The van der Waals surface area contributed by atoms with Gasteiger partial charge in [-0.2, -0.15) is 0 Å². The van der Waals surface area contributed by atoms with Crippen molar-refractivity contribution in [1.82, 2.24) is 9.88 Å². The van der Waals surface area contributed by atoms with Gasteiger partial charge in [0.05, 0.1) is 18.9 Å². The molecule has 2 aromatic carbocycles. The van der Waals surface area contributed by atoms with E-state index in [1.54, 1.807) is 75.6 Å². The number of aromatic nitrogens is 1. The van der Waals surface area contributed by atoms with Gasteiger partial charge in [-0.05, 0) is 80.3 Å². The van der Waals surface area contributed by atoms with Gasteiger partial charge in [0.1, 0.15) is 5.54 Å². The van der Waals surface area contributed by atoms with Crippen LogP contribution in [0.3, 0.4) is 0 Å². The van der Waals surface area contributed by atoms with Crippen LogP contribution in [0.1, 0.15) is 25.8 Å². The minimum Gasteiger partial charge on any atom is -0.490 e. The molecule has 3 amide bonds. The molecule has 0 saturated carbocycles. The second kappa shape index (κ2) is 9.55. The quantitative estimate of drug-likeness (QED) is 0.249. The number of rotatable bonds is 7. The molecule has 0 bridgehead atoms. The highest BCUT2D eigenvalue weighted by Gasteiger charge is 2.51. The Bertz CT molecular complexity index is 1320. The van der Waals surface area contributed by atoms with Crippen molar-refractivity contribution in [3.8, 4) is 16.9 Å². The second-order valence-electron chi connectivity index (χ2n) is 8.80. The van der Waals surface area contributed by atoms with Crippen LogP contribution in [0.2, 0.25) is 0 Å². The molecule has 1 saturated heterocycles. The Morgan fingerprint density at radius 2 is 1.80 bits per heavy atom. The smallest absolute Gasteiger partial charge is 0.332 e. The first-order valence-corrected chi connectivity index (χ1v) is 11.2. The van der Waals surface area contributed by atoms with Crippen LogP contribution >= 0.6 is 0 Å². The minimum absolute atomic E-state index is 0.128. The second-order valence-corrected chi connectivity index (χ2v) is 8.80. The van der Waals surface area contributed by atoms with Gasteiger partial charge >= 0.3 is 6.03 Å². The van der Waals surface area contributed by atoms with Crippen molar-refractivity contribution in [2.24, 2.45) is 0 Å². The Morgan fingerprint density at radius 3 is 2.46 bits per heavy atom. The topological polar surface area (TPSA) is 67.1 Å². The van der Waals surface area contributed by atoms with Crippen LogP contribution in [0, 0.1) is 19.3 Å². The number of halogens is 1. The van der Waals surface area contributed by atoms with Crippen molar-refractivity contribution >= 4 is 23.3 Å². The molecule has 0 spiro atoms. The zero-order valence-electron chi connectivity index (χ0n) is 19.8. The zero-order valence-corrected chi connectivity index (χ0v) is 19.8. The Kier molecular flexibility index (Phi) is 6.52. The molecule has 1 aromatic heterocycles. The van der Waals surface area contributed by atoms with Crippen LogP contribution in [0.5, 0.6) is 5.75 Å². The molecule has 1 aliphatic rings. The highest BCUT2D eigenvalue weighted by molar-refractivity contribution is 6.23. The maximum absolute atomic E-state index is 14.6. The fourth-order valence-electron chi connectivity index (χ4n) is 4.09. The molecule has 7 nitrogen and oxygen atoms in total. The van der Waals surface area contributed by atoms with Crippen LogP contribution in [-0.4, -0.2) is 40.5 Å². The number of amides is 3. The molecule has 0 N–H and O–H groups in total. The predicted molar refractivity (Wildman–Crippen MR) is 131 cm³/mol. The molecular weight excluding hydrogens is 447 g/mol. The predicted octanol–water partition coefficient (Wildman–Crippen LogP) is 5.76. The zero-order chi connectivity index (χ0) is 25.2. The number of benzene rings is 2. The maximum Gasteiger partial charge on any atom is 0.332 e. The summed E-state index contributed by atoms with van der Waals surface area (Å²) in [7, 11) is 0. The van der Waals surface area contributed by atoms with Gasteiger partial charge in [0, 0.05) is 18.9 Å². The standard InChI is InChI=1S/C27H25FN4O3/c1-18-16-21(7-8-23(18)29-4)32-25(33)27(2,3)31(26(32)34)14-5-15-35-24-9-6-20(17-22(24)28)19-10-12-30-13-11-19/h6-13,16-17H,5,14-15H2,1-3H3. The van der Waals surface area contributed by atoms with Crippen LogP contribution in [0.4, 0.5) is 20.6 Å². The van der Waals surface area contributed by atoms with Crippen molar-refractivity contribution in [2.45, 2.75) is 32.7 Å². The summed E-state index contributed by atoms with van der Waals surface area (Å²) in [6.07, 6.45) is 3.71. The van der Waals surface area contributed by atoms with Gasteiger partial charge in [0.2, 0.25) is 0 Å². The Morgan fingerprint density at radius 1 is 1.06 bits per heavy atom. The van der Waals surface area contributed by atoms with Crippen LogP contribution < -0.4 is 9.64 Å². The van der Waals surface area contributed by atoms with Gasteiger partial charge in [-0.15, -0.1) is 0 Å². The molecule has 3 aromatic rings. The van der Waals surface area contributed by atoms with Crippen molar-refractivity contribution < 1.29 is 18.7 Å². The van der Waals surface area contributed by atoms with Crippen molar-refractivity contribution in [1.29, 1.82) is 0 Å². The van der Waals surface area contributed by atoms with Crippen LogP contribution in [-0.2, 0) is 4.79 Å². The van der Waals surface area contributed by atoms with Crippen LogP contribution in [0.15, 0.2) is 60.9 Å². The number of imide groups is 1. The number of carbonyl (C=O) groups is 2. The molecule has 0 unspecified atom stereocenters. The third-order valence-corrected chi connectivity index (χ3v) is 6.11. The number of ether oxygens (including phenoxy) is 1. The first kappa shape index (κ1) is 23.9. The highest BCUT2D eigenvalue weighted by atomic mass is 19.1. The van der Waals surface area contributed by atoms with E-state index in [-0.39, 0.29) is 24.8 Å². The van der Waals surface area contributed by atoms with E-state index < -0.39 is 17.4 Å². The number of urea groups is 1. The number of hydrogen-bond acceptors (Lipinski definition) is 4. The number of aryl methyl sites for hydroxylation is 1. The number of hydrogen-bond donors (Lipinski definition) is 0. The summed E-state index contributed by atoms with van der Waals surface area (Å²) >= 11 is 0. The summed E-state index contributed by atoms with van der Waals surface area (Å²) in [4.78, 5) is 36.3. The fraction of sp³-hybridized carbons (Fsp3) is 0.259. The van der Waals surface area contributed by atoms with E-state index in [2.05, 4.69) is 9.83 Å². The number of pyridine rings is 1. The largest absolute Gasteiger partial charge is 0.490 e. The lowest BCUT2D eigenvalue weighted by Gasteiger charge is -2.27. The molecule has 1 aliphatic heterocycles. The molecular formula is C27H25FN4O3. The molecule has 8 heteroatoms. The normalized spacial score (nSPS) is 14.8. The first-order chi connectivity index (χ1) is 16.7. The van der Waals surface area contributed by atoms with E-state index in [0.717, 1.165) is 16.0 Å². The highest BCUT2D eigenvalue weighted by Crippen LogP contribution is 2.34. The molecule has 4 rings (SSSR count). The average Bonchev–Trinajstić information content (AvgIpc) is 3.01. The molecule has 178 valence electrons. The summed E-state index contributed by atoms with van der Waals surface area (Å²) in [6, 6.07) is 12.8. The summed E-state index contributed by atoms with van der Waals surface area (Å²) in [5.41, 5.74) is 2.14. The third-order valence-electron chi connectivity index (χ3n) is 6.11. The molecule has 0 atom stereocenters. The molecule has 35 heavy (non-hydrogen) atoms. The van der Waals surface area contributed by atoms with Gasteiger partial charge in [0.25, 0.3) is 5.91 Å². The average molecular weight is 473 g/mol. The van der Waals surface area contributed by atoms with E-state index >= 15 is 0 Å². The molecule has 1 fully saturated rings. The Hall–Kier alpha value is -4.25. The van der Waals surface area contributed by atoms with Gasteiger partial charge < -0.3 is 9.64 Å². The lowest BCUT2D eigenvalue weighted by Crippen LogP contribution is -2.44. The van der Waals surface area contributed by atoms with Gasteiger partial charge in [0.15, 0.2) is 17.3 Å². The Balaban J connectivity index is 1.40. The number of nitrogens with zero attached hydrogens (tertiary/aromatic N) is 4. The van der Waals surface area contributed by atoms with Crippen molar-refractivity contribution in [3.63, 3.8) is 0 Å². The van der Waals surface area contributed by atoms with E-state index in [0.29, 0.717) is 23.4 Å². The fourth-order valence-corrected chi connectivity index (χ4v) is 4.09. The summed E-state index contributed by atoms with van der Waals surface area (Å²) in [6.45, 7) is 12.8. The van der Waals surface area contributed by atoms with Crippen molar-refractivity contribution in [3.05, 3.63) is 83.7 Å². The lowest BCUT2D eigenvalue weighted by molar-refractivity contribution is -0.123. The summed E-state index contributed by atoms with van der Waals surface area (Å²) < 4.78 is 20.2. The SMILES string of the molecule is [C-]#[N+]c1ccc(N2C(=O)N(CCCOc3ccc(-c4ccncc4)cc3F)C(C)(C)C2=O)cc1C. The monoisotopic (exact) mass is 472 g/mol. The van der Waals surface area contributed by atoms with E-state index in [1.807, 2.05) is 0 Å². The summed E-state index contributed by atoms with van der Waals surface area (Å²) in [5.74, 6) is -0.685. The first-order valence-electron chi connectivity index (χ1n) is 11.2. The summed E-state index contributed by atoms with van der Waals surface area (Å²) in [5, 5.41) is 0. The number of anilines is 1. The van der Waals surface area contributed by atoms with E-state index in [1.165, 1.54) is 11.0 Å². The number of carbonyl (C=O) groups excluding carboxylic acids is 2. The van der Waals surface area contributed by atoms with E-state index in [9.17, 15) is 14.0 Å². The molecule has 2 heterocycles. The van der Waals surface area contributed by atoms with Gasteiger partial charge in [-0.1, -0.05) is 12.1 Å². The third kappa shape index (κ3) is 4.58. The Labute approximate surface area is 203 Å². The molecule has 0 radical (unpaired) electrons. The van der Waals surface area contributed by atoms with Crippen LogP contribution in [0.25, 0.3) is 16.0 Å². The maximum atomic E-state index is 14.6. The van der Waals surface area contributed by atoms with Gasteiger partial charge in [-0.25, -0.2) is 18.9 Å².